The lowest BCUT2D eigenvalue weighted by Gasteiger charge is -2.40. The third kappa shape index (κ3) is 3.88. The molecule has 1 amide bonds. The highest BCUT2D eigenvalue weighted by Gasteiger charge is 2.49. The average molecular weight is 431 g/mol. The molecule has 0 bridgehead atoms. The van der Waals surface area contributed by atoms with E-state index in [-0.39, 0.29) is 22.8 Å². The summed E-state index contributed by atoms with van der Waals surface area (Å²) in [5.41, 5.74) is 1.95. The number of anilines is 2. The number of likely N-dealkylation sites (N-methyl/N-ethyl adjacent to an activating group) is 1. The number of hydrogen-bond donors (Lipinski definition) is 1. The lowest BCUT2D eigenvalue weighted by atomic mass is 9.69. The van der Waals surface area contributed by atoms with Crippen LogP contribution in [0, 0.1) is 0 Å². The second-order valence-electron chi connectivity index (χ2n) is 8.19. The molecule has 1 aliphatic heterocycles. The summed E-state index contributed by atoms with van der Waals surface area (Å²) in [6.45, 7) is 4.97. The van der Waals surface area contributed by atoms with Crippen molar-refractivity contribution in [3.63, 3.8) is 0 Å². The summed E-state index contributed by atoms with van der Waals surface area (Å²) in [6.07, 6.45) is 0.783. The number of alkyl halides is 3. The zero-order valence-electron chi connectivity index (χ0n) is 17.4. The van der Waals surface area contributed by atoms with E-state index in [4.69, 9.17) is 0 Å². The molecule has 31 heavy (non-hydrogen) atoms. The van der Waals surface area contributed by atoms with Crippen LogP contribution in [0.1, 0.15) is 45.1 Å². The second-order valence-corrected chi connectivity index (χ2v) is 8.19. The number of nitrogens with zero attached hydrogens (tertiary/aromatic N) is 4. The molecule has 164 valence electrons. The first-order valence-corrected chi connectivity index (χ1v) is 10.4. The molecule has 1 fully saturated rings. The number of amides is 1. The number of rotatable bonds is 4. The van der Waals surface area contributed by atoms with Gasteiger partial charge in [-0.15, -0.1) is 10.2 Å². The highest BCUT2D eigenvalue weighted by atomic mass is 19.4. The van der Waals surface area contributed by atoms with E-state index < -0.39 is 12.1 Å². The molecule has 1 aliphatic carbocycles. The number of halogens is 3. The molecule has 0 saturated heterocycles. The number of carbonyl (C=O) groups excluding carboxylic acids is 1. The van der Waals surface area contributed by atoms with Crippen LogP contribution in [-0.2, 0) is 10.2 Å². The molecule has 4 rings (SSSR count). The first kappa shape index (κ1) is 21.3. The Bertz CT molecular complexity index is 1010. The number of nitrogens with one attached hydrogen (secondary N) is 1. The SMILES string of the molecule is CCN1c2cc(NC(=O)C(F)(F)F)c(N=Nc3ccccn3)cc2C2(C)CCCCC12. The van der Waals surface area contributed by atoms with E-state index in [1.165, 1.54) is 0 Å². The summed E-state index contributed by atoms with van der Waals surface area (Å²) in [6, 6.07) is 8.77. The summed E-state index contributed by atoms with van der Waals surface area (Å²) in [5.74, 6) is -1.71. The molecular formula is C22H24F3N5O. The van der Waals surface area contributed by atoms with E-state index in [2.05, 4.69) is 27.0 Å². The lowest BCUT2D eigenvalue weighted by molar-refractivity contribution is -0.167. The third-order valence-electron chi connectivity index (χ3n) is 6.33. The van der Waals surface area contributed by atoms with E-state index in [1.54, 1.807) is 36.5 Å². The van der Waals surface area contributed by atoms with Crippen LogP contribution in [0.3, 0.4) is 0 Å². The first-order valence-electron chi connectivity index (χ1n) is 10.4. The number of fused-ring (bicyclic) bond motifs is 3. The van der Waals surface area contributed by atoms with Gasteiger partial charge in [0, 0.05) is 29.9 Å². The van der Waals surface area contributed by atoms with E-state index in [9.17, 15) is 18.0 Å². The minimum atomic E-state index is -5.00. The Balaban J connectivity index is 1.82. The Morgan fingerprint density at radius 2 is 2.10 bits per heavy atom. The molecule has 1 saturated carbocycles. The highest BCUT2D eigenvalue weighted by molar-refractivity contribution is 5.98. The molecule has 2 aromatic rings. The predicted molar refractivity (Wildman–Crippen MR) is 112 cm³/mol. The Morgan fingerprint density at radius 1 is 1.29 bits per heavy atom. The van der Waals surface area contributed by atoms with Crippen molar-refractivity contribution in [3.05, 3.63) is 42.1 Å². The number of aromatic nitrogens is 1. The van der Waals surface area contributed by atoms with Crippen molar-refractivity contribution in [2.75, 3.05) is 16.8 Å². The van der Waals surface area contributed by atoms with Gasteiger partial charge < -0.3 is 10.2 Å². The molecule has 2 heterocycles. The monoisotopic (exact) mass is 431 g/mol. The van der Waals surface area contributed by atoms with Crippen molar-refractivity contribution in [1.82, 2.24) is 4.98 Å². The number of carbonyl (C=O) groups is 1. The van der Waals surface area contributed by atoms with Crippen LogP contribution in [0.2, 0.25) is 0 Å². The van der Waals surface area contributed by atoms with Gasteiger partial charge in [-0.3, -0.25) is 4.79 Å². The minimum Gasteiger partial charge on any atom is -0.368 e. The largest absolute Gasteiger partial charge is 0.471 e. The van der Waals surface area contributed by atoms with E-state index in [1.807, 2.05) is 12.2 Å². The van der Waals surface area contributed by atoms with E-state index in [0.717, 1.165) is 43.5 Å². The Morgan fingerprint density at radius 3 is 2.77 bits per heavy atom. The smallest absolute Gasteiger partial charge is 0.368 e. The highest BCUT2D eigenvalue weighted by Crippen LogP contribution is 2.54. The number of hydrogen-bond acceptors (Lipinski definition) is 5. The molecule has 0 spiro atoms. The van der Waals surface area contributed by atoms with Gasteiger partial charge in [-0.05, 0) is 49.6 Å². The number of pyridine rings is 1. The van der Waals surface area contributed by atoms with Gasteiger partial charge in [0.1, 0.15) is 5.69 Å². The van der Waals surface area contributed by atoms with Gasteiger partial charge >= 0.3 is 12.1 Å². The Kier molecular flexibility index (Phi) is 5.45. The maximum Gasteiger partial charge on any atom is 0.471 e. The maximum atomic E-state index is 13.0. The molecule has 1 aromatic heterocycles. The van der Waals surface area contributed by atoms with Crippen molar-refractivity contribution in [2.24, 2.45) is 10.2 Å². The first-order chi connectivity index (χ1) is 14.7. The molecule has 1 N–H and O–H groups in total. The van der Waals surface area contributed by atoms with Crippen LogP contribution in [-0.4, -0.2) is 29.7 Å². The van der Waals surface area contributed by atoms with Crippen molar-refractivity contribution in [2.45, 2.75) is 57.2 Å². The summed E-state index contributed by atoms with van der Waals surface area (Å²) in [5, 5.41) is 10.2. The normalized spacial score (nSPS) is 23.0. The standard InChI is InChI=1S/C22H24F3N5O/c1-3-30-17-13-15(27-20(31)22(23,24)25)16(28-29-19-9-5-7-11-26-19)12-14(17)21(2)10-6-4-8-18(21)30/h5,7,9,11-13,18H,3-4,6,8,10H2,1-2H3,(H,27,31). The molecule has 9 heteroatoms. The Labute approximate surface area is 178 Å². The van der Waals surface area contributed by atoms with Gasteiger partial charge in [0.2, 0.25) is 0 Å². The topological polar surface area (TPSA) is 70.0 Å². The molecule has 2 aliphatic rings. The van der Waals surface area contributed by atoms with Crippen LogP contribution in [0.5, 0.6) is 0 Å². The summed E-state index contributed by atoms with van der Waals surface area (Å²) < 4.78 is 38.9. The predicted octanol–water partition coefficient (Wildman–Crippen LogP) is 6.04. The van der Waals surface area contributed by atoms with Crippen molar-refractivity contribution in [1.29, 1.82) is 0 Å². The van der Waals surface area contributed by atoms with Gasteiger partial charge in [0.15, 0.2) is 5.82 Å². The van der Waals surface area contributed by atoms with Crippen LogP contribution in [0.15, 0.2) is 46.8 Å². The fourth-order valence-corrected chi connectivity index (χ4v) is 4.85. The van der Waals surface area contributed by atoms with E-state index in [0.29, 0.717) is 5.82 Å². The molecular weight excluding hydrogens is 407 g/mol. The zero-order valence-corrected chi connectivity index (χ0v) is 17.4. The minimum absolute atomic E-state index is 0.0125. The molecule has 0 radical (unpaired) electrons. The summed E-state index contributed by atoms with van der Waals surface area (Å²) in [4.78, 5) is 18.0. The van der Waals surface area contributed by atoms with Crippen LogP contribution in [0.25, 0.3) is 0 Å². The van der Waals surface area contributed by atoms with Gasteiger partial charge in [0.25, 0.3) is 0 Å². The van der Waals surface area contributed by atoms with Gasteiger partial charge in [-0.2, -0.15) is 13.2 Å². The van der Waals surface area contributed by atoms with Crippen LogP contribution < -0.4 is 10.2 Å². The quantitative estimate of drug-likeness (QED) is 0.600. The zero-order chi connectivity index (χ0) is 22.2. The second kappa shape index (κ2) is 7.94. The third-order valence-corrected chi connectivity index (χ3v) is 6.33. The number of azo groups is 1. The van der Waals surface area contributed by atoms with Crippen LogP contribution >= 0.6 is 0 Å². The van der Waals surface area contributed by atoms with Crippen molar-refractivity contribution < 1.29 is 18.0 Å². The van der Waals surface area contributed by atoms with Crippen molar-refractivity contribution >= 4 is 28.8 Å². The molecule has 1 aromatic carbocycles. The van der Waals surface area contributed by atoms with Gasteiger partial charge in [-0.25, -0.2) is 4.98 Å². The lowest BCUT2D eigenvalue weighted by Crippen LogP contribution is -2.45. The fraction of sp³-hybridized carbons (Fsp3) is 0.455. The van der Waals surface area contributed by atoms with Crippen molar-refractivity contribution in [3.8, 4) is 0 Å². The van der Waals surface area contributed by atoms with E-state index >= 15 is 0 Å². The summed E-state index contributed by atoms with van der Waals surface area (Å²) in [7, 11) is 0. The maximum absolute atomic E-state index is 13.0. The number of benzene rings is 1. The fourth-order valence-electron chi connectivity index (χ4n) is 4.85. The van der Waals surface area contributed by atoms with Gasteiger partial charge in [-0.1, -0.05) is 25.8 Å². The Hall–Kier alpha value is -2.97. The molecule has 2 atom stereocenters. The summed E-state index contributed by atoms with van der Waals surface area (Å²) >= 11 is 0. The van der Waals surface area contributed by atoms with Crippen LogP contribution in [0.4, 0.5) is 36.1 Å². The average Bonchev–Trinajstić information content (AvgIpc) is 2.99. The molecule has 2 unspecified atom stereocenters. The van der Waals surface area contributed by atoms with Gasteiger partial charge in [0.05, 0.1) is 5.69 Å². The molecule has 6 nitrogen and oxygen atoms in total.